The van der Waals surface area contributed by atoms with Crippen molar-refractivity contribution in [1.82, 2.24) is 9.80 Å². The number of hydrogen-bond donors (Lipinski definition) is 0. The molecule has 1 aliphatic rings. The van der Waals surface area contributed by atoms with E-state index in [-0.39, 0.29) is 30.2 Å². The Balaban J connectivity index is 1.72. The molecule has 0 unspecified atom stereocenters. The maximum absolute atomic E-state index is 13.2. The van der Waals surface area contributed by atoms with Crippen molar-refractivity contribution in [2.45, 2.75) is 38.8 Å². The highest BCUT2D eigenvalue weighted by Gasteiger charge is 2.26. The maximum atomic E-state index is 13.2. The van der Waals surface area contributed by atoms with Crippen molar-refractivity contribution in [3.63, 3.8) is 0 Å². The van der Waals surface area contributed by atoms with Crippen molar-refractivity contribution in [1.29, 1.82) is 0 Å². The quantitative estimate of drug-likeness (QED) is 0.424. The van der Waals surface area contributed by atoms with E-state index in [1.54, 1.807) is 17.2 Å². The second-order valence-electron chi connectivity index (χ2n) is 7.52. The second kappa shape index (κ2) is 10.7. The smallest absolute Gasteiger partial charge is 0.269 e. The number of ether oxygens (including phenoxy) is 1. The second-order valence-corrected chi connectivity index (χ2v) is 7.52. The van der Waals surface area contributed by atoms with Gasteiger partial charge in [-0.2, -0.15) is 0 Å². The molecule has 1 fully saturated rings. The van der Waals surface area contributed by atoms with E-state index >= 15 is 0 Å². The van der Waals surface area contributed by atoms with Crippen molar-refractivity contribution in [3.05, 3.63) is 64.1 Å². The minimum atomic E-state index is -0.515. The average Bonchev–Trinajstić information content (AvgIpc) is 3.47. The molecule has 1 aromatic heterocycles. The van der Waals surface area contributed by atoms with Crippen LogP contribution in [-0.4, -0.2) is 58.9 Å². The SMILES string of the molecule is CCCN(CC(=O)N(Cc1ccco1)C[C@H]1CCCO1)C(=O)c1ccc([N+](=O)[O-])cc1. The predicted molar refractivity (Wildman–Crippen MR) is 112 cm³/mol. The summed E-state index contributed by atoms with van der Waals surface area (Å²) < 4.78 is 11.1. The largest absolute Gasteiger partial charge is 0.467 e. The summed E-state index contributed by atoms with van der Waals surface area (Å²) in [6.07, 6.45) is 4.07. The van der Waals surface area contributed by atoms with Gasteiger partial charge in [0.05, 0.1) is 23.8 Å². The van der Waals surface area contributed by atoms with Gasteiger partial charge in [-0.15, -0.1) is 0 Å². The number of nitro groups is 1. The van der Waals surface area contributed by atoms with Crippen molar-refractivity contribution < 1.29 is 23.7 Å². The van der Waals surface area contributed by atoms with E-state index in [9.17, 15) is 19.7 Å². The average molecular weight is 429 g/mol. The molecule has 0 spiro atoms. The molecular formula is C22H27N3O6. The topological polar surface area (TPSA) is 106 Å². The number of rotatable bonds is 10. The first-order valence-corrected chi connectivity index (χ1v) is 10.4. The van der Waals surface area contributed by atoms with E-state index in [2.05, 4.69) is 0 Å². The molecule has 9 nitrogen and oxygen atoms in total. The molecule has 2 aromatic rings. The first-order valence-electron chi connectivity index (χ1n) is 10.4. The highest BCUT2D eigenvalue weighted by Crippen LogP contribution is 2.17. The molecule has 9 heteroatoms. The molecule has 1 atom stereocenters. The standard InChI is InChI=1S/C22H27N3O6/c1-2-11-23(22(27)17-7-9-18(10-8-17)25(28)29)16-21(26)24(14-19-5-3-12-30-19)15-20-6-4-13-31-20/h3,5,7-10,12,20H,2,4,6,11,13-16H2,1H3/t20-/m1/s1. The Hall–Kier alpha value is -3.20. The van der Waals surface area contributed by atoms with Gasteiger partial charge in [0.15, 0.2) is 0 Å². The molecule has 0 radical (unpaired) electrons. The fourth-order valence-corrected chi connectivity index (χ4v) is 3.57. The zero-order valence-corrected chi connectivity index (χ0v) is 17.6. The van der Waals surface area contributed by atoms with E-state index in [0.717, 1.165) is 12.8 Å². The van der Waals surface area contributed by atoms with Crippen LogP contribution in [0.2, 0.25) is 0 Å². The van der Waals surface area contributed by atoms with Crippen molar-refractivity contribution in [2.24, 2.45) is 0 Å². The molecule has 2 heterocycles. The van der Waals surface area contributed by atoms with Crippen LogP contribution in [0.4, 0.5) is 5.69 Å². The number of furan rings is 1. The first-order chi connectivity index (χ1) is 15.0. The summed E-state index contributed by atoms with van der Waals surface area (Å²) in [7, 11) is 0. The Morgan fingerprint density at radius 1 is 1.19 bits per heavy atom. The van der Waals surface area contributed by atoms with Crippen molar-refractivity contribution >= 4 is 17.5 Å². The summed E-state index contributed by atoms with van der Waals surface area (Å²) in [5.74, 6) is 0.130. The zero-order valence-electron chi connectivity index (χ0n) is 17.6. The van der Waals surface area contributed by atoms with Crippen molar-refractivity contribution in [2.75, 3.05) is 26.2 Å². The fraction of sp³-hybridized carbons (Fsp3) is 0.455. The molecule has 0 bridgehead atoms. The van der Waals surface area contributed by atoms with Crippen molar-refractivity contribution in [3.8, 4) is 0 Å². The van der Waals surface area contributed by atoms with Gasteiger partial charge < -0.3 is 19.0 Å². The molecule has 0 N–H and O–H groups in total. The van der Waals surface area contributed by atoms with Crippen LogP contribution >= 0.6 is 0 Å². The van der Waals surface area contributed by atoms with E-state index in [4.69, 9.17) is 9.15 Å². The van der Waals surface area contributed by atoms with Gasteiger partial charge in [-0.05, 0) is 43.5 Å². The third kappa shape index (κ3) is 6.14. The van der Waals surface area contributed by atoms with E-state index in [0.29, 0.717) is 44.0 Å². The van der Waals surface area contributed by atoms with Crippen LogP contribution in [0.5, 0.6) is 0 Å². The summed E-state index contributed by atoms with van der Waals surface area (Å²) in [5, 5.41) is 10.9. The van der Waals surface area contributed by atoms with E-state index in [1.165, 1.54) is 29.2 Å². The minimum Gasteiger partial charge on any atom is -0.467 e. The predicted octanol–water partition coefficient (Wildman–Crippen LogP) is 3.25. The number of nitrogens with zero attached hydrogens (tertiary/aromatic N) is 3. The highest BCUT2D eigenvalue weighted by molar-refractivity contribution is 5.96. The zero-order chi connectivity index (χ0) is 22.2. The molecule has 1 aliphatic heterocycles. The Morgan fingerprint density at radius 3 is 2.55 bits per heavy atom. The minimum absolute atomic E-state index is 0.0242. The van der Waals surface area contributed by atoms with Crippen LogP contribution in [0.15, 0.2) is 47.1 Å². The summed E-state index contributed by atoms with van der Waals surface area (Å²) in [6, 6.07) is 8.99. The molecular weight excluding hydrogens is 402 g/mol. The summed E-state index contributed by atoms with van der Waals surface area (Å²) in [6.45, 7) is 3.66. The summed E-state index contributed by atoms with van der Waals surface area (Å²) in [5.41, 5.74) is 0.222. The number of amides is 2. The number of carbonyl (C=O) groups excluding carboxylic acids is 2. The highest BCUT2D eigenvalue weighted by atomic mass is 16.6. The van der Waals surface area contributed by atoms with Gasteiger partial charge >= 0.3 is 0 Å². The Kier molecular flexibility index (Phi) is 7.77. The van der Waals surface area contributed by atoms with Gasteiger partial charge in [-0.25, -0.2) is 0 Å². The van der Waals surface area contributed by atoms with Gasteiger partial charge in [0.1, 0.15) is 12.3 Å². The summed E-state index contributed by atoms with van der Waals surface area (Å²) in [4.78, 5) is 39.6. The molecule has 3 rings (SSSR count). The normalized spacial score (nSPS) is 15.6. The molecule has 1 saturated heterocycles. The Bertz CT molecular complexity index is 875. The van der Waals surface area contributed by atoms with Gasteiger partial charge in [0, 0.05) is 37.4 Å². The lowest BCUT2D eigenvalue weighted by atomic mass is 10.1. The third-order valence-corrected chi connectivity index (χ3v) is 5.16. The third-order valence-electron chi connectivity index (χ3n) is 5.16. The molecule has 1 aromatic carbocycles. The molecule has 0 aliphatic carbocycles. The summed E-state index contributed by atoms with van der Waals surface area (Å²) >= 11 is 0. The van der Waals surface area contributed by atoms with Crippen LogP contribution in [0.25, 0.3) is 0 Å². The van der Waals surface area contributed by atoms with Crippen LogP contribution in [0, 0.1) is 10.1 Å². The molecule has 0 saturated carbocycles. The fourth-order valence-electron chi connectivity index (χ4n) is 3.57. The van der Waals surface area contributed by atoms with Gasteiger partial charge in [0.25, 0.3) is 11.6 Å². The van der Waals surface area contributed by atoms with Gasteiger partial charge in [0.2, 0.25) is 5.91 Å². The molecule has 31 heavy (non-hydrogen) atoms. The van der Waals surface area contributed by atoms with Crippen LogP contribution in [0.3, 0.4) is 0 Å². The lowest BCUT2D eigenvalue weighted by Crippen LogP contribution is -2.45. The lowest BCUT2D eigenvalue weighted by molar-refractivity contribution is -0.384. The van der Waals surface area contributed by atoms with E-state index in [1.807, 2.05) is 13.0 Å². The van der Waals surface area contributed by atoms with Crippen LogP contribution in [0.1, 0.15) is 42.3 Å². The Morgan fingerprint density at radius 2 is 1.97 bits per heavy atom. The van der Waals surface area contributed by atoms with E-state index < -0.39 is 4.92 Å². The van der Waals surface area contributed by atoms with Gasteiger partial charge in [-0.3, -0.25) is 19.7 Å². The monoisotopic (exact) mass is 429 g/mol. The van der Waals surface area contributed by atoms with Crippen LogP contribution < -0.4 is 0 Å². The first kappa shape index (κ1) is 22.5. The number of nitro benzene ring substituents is 1. The lowest BCUT2D eigenvalue weighted by Gasteiger charge is -2.28. The Labute approximate surface area is 180 Å². The number of non-ortho nitro benzene ring substituents is 1. The van der Waals surface area contributed by atoms with Crippen LogP contribution in [-0.2, 0) is 16.1 Å². The number of carbonyl (C=O) groups is 2. The van der Waals surface area contributed by atoms with Gasteiger partial charge in [-0.1, -0.05) is 6.92 Å². The number of benzene rings is 1. The number of hydrogen-bond acceptors (Lipinski definition) is 6. The molecule has 166 valence electrons. The molecule has 2 amide bonds. The maximum Gasteiger partial charge on any atom is 0.269 e.